The quantitative estimate of drug-likeness (QED) is 0.786. The number of hydrogen-bond acceptors (Lipinski definition) is 3. The molecule has 3 nitrogen and oxygen atoms in total. The highest BCUT2D eigenvalue weighted by molar-refractivity contribution is 4.96. The number of nitrogens with two attached hydrogens (primary N) is 1. The van der Waals surface area contributed by atoms with E-state index in [4.69, 9.17) is 15.2 Å². The van der Waals surface area contributed by atoms with E-state index in [-0.39, 0.29) is 11.6 Å². The molecule has 0 aromatic heterocycles. The van der Waals surface area contributed by atoms with Gasteiger partial charge in [-0.25, -0.2) is 0 Å². The van der Waals surface area contributed by atoms with Gasteiger partial charge in [-0.15, -0.1) is 0 Å². The fourth-order valence-electron chi connectivity index (χ4n) is 3.67. The Labute approximate surface area is 111 Å². The smallest absolute Gasteiger partial charge is 0.0836 e. The molecule has 18 heavy (non-hydrogen) atoms. The average Bonchev–Trinajstić information content (AvgIpc) is 2.66. The van der Waals surface area contributed by atoms with Crippen molar-refractivity contribution in [1.29, 1.82) is 0 Å². The maximum absolute atomic E-state index is 6.61. The van der Waals surface area contributed by atoms with Crippen LogP contribution in [0.4, 0.5) is 0 Å². The molecule has 1 aliphatic heterocycles. The molecule has 1 aliphatic carbocycles. The molecule has 0 spiro atoms. The van der Waals surface area contributed by atoms with Gasteiger partial charge >= 0.3 is 0 Å². The zero-order valence-electron chi connectivity index (χ0n) is 11.8. The van der Waals surface area contributed by atoms with Crippen molar-refractivity contribution in [3.63, 3.8) is 0 Å². The molecular weight excluding hydrogens is 226 g/mol. The van der Waals surface area contributed by atoms with E-state index in [2.05, 4.69) is 6.92 Å². The normalized spacial score (nSPS) is 30.7. The molecule has 1 saturated heterocycles. The van der Waals surface area contributed by atoms with E-state index in [0.29, 0.717) is 5.92 Å². The Morgan fingerprint density at radius 2 is 1.94 bits per heavy atom. The number of rotatable bonds is 4. The third kappa shape index (κ3) is 3.25. The molecule has 2 atom stereocenters. The SMILES string of the molecule is CCOC1(C(N)C2CCCOC2)CCCCCC1. The van der Waals surface area contributed by atoms with Crippen LogP contribution in [-0.4, -0.2) is 31.5 Å². The van der Waals surface area contributed by atoms with Gasteiger partial charge in [0.1, 0.15) is 0 Å². The van der Waals surface area contributed by atoms with Crippen LogP contribution < -0.4 is 5.73 Å². The van der Waals surface area contributed by atoms with Gasteiger partial charge in [-0.1, -0.05) is 25.7 Å². The summed E-state index contributed by atoms with van der Waals surface area (Å²) in [6, 6.07) is 0.149. The van der Waals surface area contributed by atoms with E-state index in [1.807, 2.05) is 0 Å². The van der Waals surface area contributed by atoms with Crippen molar-refractivity contribution in [3.8, 4) is 0 Å². The third-order valence-electron chi connectivity index (χ3n) is 4.69. The van der Waals surface area contributed by atoms with Gasteiger partial charge in [0, 0.05) is 25.2 Å². The van der Waals surface area contributed by atoms with E-state index in [9.17, 15) is 0 Å². The van der Waals surface area contributed by atoms with Crippen molar-refractivity contribution in [2.24, 2.45) is 11.7 Å². The molecule has 2 unspecified atom stereocenters. The number of hydrogen-bond donors (Lipinski definition) is 1. The molecule has 3 heteroatoms. The summed E-state index contributed by atoms with van der Waals surface area (Å²) in [5.74, 6) is 0.489. The molecule has 0 amide bonds. The van der Waals surface area contributed by atoms with Crippen molar-refractivity contribution in [2.45, 2.75) is 69.9 Å². The summed E-state index contributed by atoms with van der Waals surface area (Å²) in [4.78, 5) is 0. The molecule has 0 aromatic rings. The monoisotopic (exact) mass is 255 g/mol. The molecule has 1 heterocycles. The van der Waals surface area contributed by atoms with Gasteiger partial charge in [0.2, 0.25) is 0 Å². The Hall–Kier alpha value is -0.120. The van der Waals surface area contributed by atoms with Crippen LogP contribution in [0.25, 0.3) is 0 Å². The molecule has 2 fully saturated rings. The van der Waals surface area contributed by atoms with Crippen molar-refractivity contribution in [1.82, 2.24) is 0 Å². The number of ether oxygens (including phenoxy) is 2. The average molecular weight is 255 g/mol. The molecule has 0 radical (unpaired) electrons. The van der Waals surface area contributed by atoms with Gasteiger partial charge in [-0.05, 0) is 32.6 Å². The van der Waals surface area contributed by atoms with Gasteiger partial charge < -0.3 is 15.2 Å². The van der Waals surface area contributed by atoms with Crippen molar-refractivity contribution in [3.05, 3.63) is 0 Å². The first-order chi connectivity index (χ1) is 8.78. The summed E-state index contributed by atoms with van der Waals surface area (Å²) in [7, 11) is 0. The Morgan fingerprint density at radius 1 is 1.22 bits per heavy atom. The fraction of sp³-hybridized carbons (Fsp3) is 1.00. The topological polar surface area (TPSA) is 44.5 Å². The van der Waals surface area contributed by atoms with Crippen molar-refractivity contribution >= 4 is 0 Å². The van der Waals surface area contributed by atoms with Gasteiger partial charge in [0.05, 0.1) is 12.2 Å². The van der Waals surface area contributed by atoms with Crippen LogP contribution >= 0.6 is 0 Å². The maximum Gasteiger partial charge on any atom is 0.0836 e. The molecule has 2 N–H and O–H groups in total. The lowest BCUT2D eigenvalue weighted by atomic mass is 9.77. The van der Waals surface area contributed by atoms with Gasteiger partial charge in [0.25, 0.3) is 0 Å². The maximum atomic E-state index is 6.61. The molecule has 106 valence electrons. The molecule has 2 aliphatic rings. The van der Waals surface area contributed by atoms with Crippen molar-refractivity contribution < 1.29 is 9.47 Å². The fourth-order valence-corrected chi connectivity index (χ4v) is 3.67. The predicted molar refractivity (Wildman–Crippen MR) is 73.6 cm³/mol. The molecule has 0 bridgehead atoms. The lowest BCUT2D eigenvalue weighted by Crippen LogP contribution is -2.55. The highest BCUT2D eigenvalue weighted by Crippen LogP contribution is 2.37. The van der Waals surface area contributed by atoms with Crippen LogP contribution in [0, 0.1) is 5.92 Å². The summed E-state index contributed by atoms with van der Waals surface area (Å²) < 4.78 is 11.8. The minimum absolute atomic E-state index is 0.0728. The van der Waals surface area contributed by atoms with E-state index in [0.717, 1.165) is 39.1 Å². The summed E-state index contributed by atoms with van der Waals surface area (Å²) in [5.41, 5.74) is 6.54. The summed E-state index contributed by atoms with van der Waals surface area (Å²) in [6.45, 7) is 4.61. The summed E-state index contributed by atoms with van der Waals surface area (Å²) in [5, 5.41) is 0. The van der Waals surface area contributed by atoms with Crippen LogP contribution in [0.1, 0.15) is 58.3 Å². The van der Waals surface area contributed by atoms with Crippen molar-refractivity contribution in [2.75, 3.05) is 19.8 Å². The minimum atomic E-state index is -0.0728. The molecule has 0 aromatic carbocycles. The molecular formula is C15H29NO2. The van der Waals surface area contributed by atoms with Crippen LogP contribution in [0.2, 0.25) is 0 Å². The highest BCUT2D eigenvalue weighted by Gasteiger charge is 2.42. The highest BCUT2D eigenvalue weighted by atomic mass is 16.5. The Balaban J connectivity index is 2.05. The van der Waals surface area contributed by atoms with Gasteiger partial charge in [-0.2, -0.15) is 0 Å². The largest absolute Gasteiger partial charge is 0.381 e. The summed E-state index contributed by atoms with van der Waals surface area (Å²) in [6.07, 6.45) is 9.83. The minimum Gasteiger partial charge on any atom is -0.381 e. The summed E-state index contributed by atoms with van der Waals surface area (Å²) >= 11 is 0. The Bertz CT molecular complexity index is 231. The zero-order valence-corrected chi connectivity index (χ0v) is 11.8. The predicted octanol–water partition coefficient (Wildman–Crippen LogP) is 2.87. The van der Waals surface area contributed by atoms with E-state index in [1.165, 1.54) is 32.1 Å². The van der Waals surface area contributed by atoms with E-state index < -0.39 is 0 Å². The van der Waals surface area contributed by atoms with Crippen LogP contribution in [0.5, 0.6) is 0 Å². The first-order valence-electron chi connectivity index (χ1n) is 7.76. The lowest BCUT2D eigenvalue weighted by Gasteiger charge is -2.43. The Kier molecular flexibility index (Phi) is 5.46. The van der Waals surface area contributed by atoms with Crippen LogP contribution in [0.3, 0.4) is 0 Å². The molecule has 2 rings (SSSR count). The van der Waals surface area contributed by atoms with Crippen LogP contribution in [-0.2, 0) is 9.47 Å². The van der Waals surface area contributed by atoms with Gasteiger partial charge in [-0.3, -0.25) is 0 Å². The van der Waals surface area contributed by atoms with Crippen LogP contribution in [0.15, 0.2) is 0 Å². The van der Waals surface area contributed by atoms with E-state index in [1.54, 1.807) is 0 Å². The van der Waals surface area contributed by atoms with E-state index >= 15 is 0 Å². The second-order valence-electron chi connectivity index (χ2n) is 5.92. The first kappa shape index (κ1) is 14.3. The third-order valence-corrected chi connectivity index (χ3v) is 4.69. The Morgan fingerprint density at radius 3 is 2.50 bits per heavy atom. The zero-order chi connectivity index (χ0) is 12.8. The molecule has 1 saturated carbocycles. The second-order valence-corrected chi connectivity index (χ2v) is 5.92. The lowest BCUT2D eigenvalue weighted by molar-refractivity contribution is -0.0953. The standard InChI is InChI=1S/C15H29NO2/c1-2-18-15(9-5-3-4-6-10-15)14(16)13-8-7-11-17-12-13/h13-14H,2-12,16H2,1H3. The first-order valence-corrected chi connectivity index (χ1v) is 7.76. The second kappa shape index (κ2) is 6.88. The van der Waals surface area contributed by atoms with Gasteiger partial charge in [0.15, 0.2) is 0 Å².